The Kier molecular flexibility index (Phi) is 7.45. The smallest absolute Gasteiger partial charge is 0.231 e. The average Bonchev–Trinajstić information content (AvgIpc) is 2.60. The van der Waals surface area contributed by atoms with Crippen LogP contribution in [0.15, 0.2) is 35.3 Å². The van der Waals surface area contributed by atoms with Gasteiger partial charge in [-0.15, -0.1) is 0 Å². The molecule has 6 heteroatoms. The molecule has 1 fully saturated rings. The first-order chi connectivity index (χ1) is 12.4. The second-order valence-electron chi connectivity index (χ2n) is 7.91. The summed E-state index contributed by atoms with van der Waals surface area (Å²) in [5, 5.41) is 6.98. The number of carbonyl (C=O) groups excluding carboxylic acids is 1. The van der Waals surface area contributed by atoms with Crippen molar-refractivity contribution in [3.8, 4) is 0 Å². The van der Waals surface area contributed by atoms with Crippen molar-refractivity contribution in [3.63, 3.8) is 0 Å². The van der Waals surface area contributed by atoms with Crippen LogP contribution in [0.2, 0.25) is 0 Å². The third-order valence-electron chi connectivity index (χ3n) is 4.79. The standard InChI is InChI=1S/C20H33N5O/c1-20(2,13-16-7-5-4-6-8-16)15-23-19(22-3)24-17-9-11-25(12-10-17)14-18(21)26/h4-8,17H,9-15H2,1-3H3,(H2,21,26)(H2,22,23,24). The van der Waals surface area contributed by atoms with Gasteiger partial charge in [-0.05, 0) is 30.2 Å². The first-order valence-corrected chi connectivity index (χ1v) is 9.40. The van der Waals surface area contributed by atoms with Gasteiger partial charge in [-0.2, -0.15) is 0 Å². The monoisotopic (exact) mass is 359 g/mol. The number of guanidine groups is 1. The van der Waals surface area contributed by atoms with Gasteiger partial charge >= 0.3 is 0 Å². The van der Waals surface area contributed by atoms with E-state index in [0.717, 1.165) is 44.9 Å². The molecule has 1 saturated heterocycles. The summed E-state index contributed by atoms with van der Waals surface area (Å²) in [5.41, 5.74) is 6.75. The molecule has 0 radical (unpaired) electrons. The molecule has 1 aromatic carbocycles. The van der Waals surface area contributed by atoms with E-state index in [4.69, 9.17) is 5.73 Å². The number of nitrogens with two attached hydrogens (primary N) is 1. The Morgan fingerprint density at radius 3 is 2.50 bits per heavy atom. The van der Waals surface area contributed by atoms with Gasteiger partial charge in [0.25, 0.3) is 0 Å². The molecule has 0 spiro atoms. The summed E-state index contributed by atoms with van der Waals surface area (Å²) in [7, 11) is 1.81. The maximum Gasteiger partial charge on any atom is 0.231 e. The Morgan fingerprint density at radius 2 is 1.92 bits per heavy atom. The molecule has 4 N–H and O–H groups in total. The van der Waals surface area contributed by atoms with Crippen molar-refractivity contribution in [2.75, 3.05) is 33.2 Å². The van der Waals surface area contributed by atoms with Crippen molar-refractivity contribution in [2.24, 2.45) is 16.1 Å². The zero-order chi connectivity index (χ0) is 19.0. The van der Waals surface area contributed by atoms with Crippen molar-refractivity contribution in [2.45, 2.75) is 39.2 Å². The number of amides is 1. The van der Waals surface area contributed by atoms with Gasteiger partial charge in [-0.3, -0.25) is 14.7 Å². The minimum Gasteiger partial charge on any atom is -0.369 e. The number of hydrogen-bond acceptors (Lipinski definition) is 3. The van der Waals surface area contributed by atoms with E-state index in [0.29, 0.717) is 12.6 Å². The van der Waals surface area contributed by atoms with Gasteiger partial charge in [0.2, 0.25) is 5.91 Å². The van der Waals surface area contributed by atoms with Crippen LogP contribution < -0.4 is 16.4 Å². The van der Waals surface area contributed by atoms with E-state index in [9.17, 15) is 4.79 Å². The summed E-state index contributed by atoms with van der Waals surface area (Å²) >= 11 is 0. The fraction of sp³-hybridized carbons (Fsp3) is 0.600. The molecular weight excluding hydrogens is 326 g/mol. The molecule has 1 heterocycles. The van der Waals surface area contributed by atoms with Gasteiger partial charge in [0.15, 0.2) is 5.96 Å². The summed E-state index contributed by atoms with van der Waals surface area (Å²) in [6, 6.07) is 11.0. The molecule has 1 aliphatic rings. The third kappa shape index (κ3) is 7.04. The van der Waals surface area contributed by atoms with Gasteiger partial charge in [-0.25, -0.2) is 0 Å². The minimum absolute atomic E-state index is 0.129. The SMILES string of the molecule is CN=C(NCC(C)(C)Cc1ccccc1)NC1CCN(CC(N)=O)CC1. The van der Waals surface area contributed by atoms with Crippen LogP contribution in [-0.2, 0) is 11.2 Å². The Bertz CT molecular complexity index is 591. The summed E-state index contributed by atoms with van der Waals surface area (Å²) < 4.78 is 0. The van der Waals surface area contributed by atoms with Gasteiger partial charge < -0.3 is 16.4 Å². The molecule has 0 aliphatic carbocycles. The minimum atomic E-state index is -0.255. The van der Waals surface area contributed by atoms with Crippen molar-refractivity contribution in [1.29, 1.82) is 0 Å². The number of primary amides is 1. The maximum atomic E-state index is 11.0. The van der Waals surface area contributed by atoms with Crippen LogP contribution in [0.3, 0.4) is 0 Å². The van der Waals surface area contributed by atoms with E-state index in [2.05, 4.69) is 64.7 Å². The van der Waals surface area contributed by atoms with Crippen LogP contribution in [0.4, 0.5) is 0 Å². The summed E-state index contributed by atoms with van der Waals surface area (Å²) in [5.74, 6) is 0.592. The largest absolute Gasteiger partial charge is 0.369 e. The Hall–Kier alpha value is -2.08. The molecule has 0 atom stereocenters. The van der Waals surface area contributed by atoms with Crippen molar-refractivity contribution in [1.82, 2.24) is 15.5 Å². The highest BCUT2D eigenvalue weighted by Crippen LogP contribution is 2.20. The first kappa shape index (κ1) is 20.2. The molecule has 0 unspecified atom stereocenters. The number of aliphatic imine (C=N–C) groups is 1. The molecule has 0 aromatic heterocycles. The molecule has 0 bridgehead atoms. The van der Waals surface area contributed by atoms with Gasteiger partial charge in [0.05, 0.1) is 6.54 Å². The molecule has 26 heavy (non-hydrogen) atoms. The molecule has 6 nitrogen and oxygen atoms in total. The van der Waals surface area contributed by atoms with Crippen molar-refractivity contribution < 1.29 is 4.79 Å². The van der Waals surface area contributed by atoms with Gasteiger partial charge in [-0.1, -0.05) is 44.2 Å². The predicted molar refractivity (Wildman–Crippen MR) is 107 cm³/mol. The van der Waals surface area contributed by atoms with Gasteiger partial charge in [0.1, 0.15) is 0 Å². The van der Waals surface area contributed by atoms with E-state index in [1.54, 1.807) is 0 Å². The number of rotatable bonds is 7. The van der Waals surface area contributed by atoms with Crippen molar-refractivity contribution >= 4 is 11.9 Å². The lowest BCUT2D eigenvalue weighted by molar-refractivity contribution is -0.119. The summed E-state index contributed by atoms with van der Waals surface area (Å²) in [4.78, 5) is 17.5. The molecular formula is C20H33N5O. The molecule has 0 saturated carbocycles. The van der Waals surface area contributed by atoms with E-state index in [-0.39, 0.29) is 11.3 Å². The fourth-order valence-electron chi connectivity index (χ4n) is 3.38. The number of nitrogens with zero attached hydrogens (tertiary/aromatic N) is 2. The number of piperidine rings is 1. The Morgan fingerprint density at radius 1 is 1.27 bits per heavy atom. The van der Waals surface area contributed by atoms with Crippen LogP contribution in [0.25, 0.3) is 0 Å². The Labute approximate surface area is 157 Å². The normalized spacial score (nSPS) is 17.1. The molecule has 1 aromatic rings. The maximum absolute atomic E-state index is 11.0. The van der Waals surface area contributed by atoms with E-state index >= 15 is 0 Å². The van der Waals surface area contributed by atoms with Gasteiger partial charge in [0, 0.05) is 32.7 Å². The first-order valence-electron chi connectivity index (χ1n) is 9.40. The quantitative estimate of drug-likeness (QED) is 0.507. The summed E-state index contributed by atoms with van der Waals surface area (Å²) in [6.07, 6.45) is 2.99. The van der Waals surface area contributed by atoms with Crippen LogP contribution >= 0.6 is 0 Å². The fourth-order valence-corrected chi connectivity index (χ4v) is 3.38. The zero-order valence-electron chi connectivity index (χ0n) is 16.3. The lowest BCUT2D eigenvalue weighted by Crippen LogP contribution is -2.51. The van der Waals surface area contributed by atoms with Crippen LogP contribution in [-0.4, -0.2) is 56.0 Å². The molecule has 144 valence electrons. The lowest BCUT2D eigenvalue weighted by Gasteiger charge is -2.33. The highest BCUT2D eigenvalue weighted by molar-refractivity contribution is 5.80. The van der Waals surface area contributed by atoms with Crippen LogP contribution in [0.1, 0.15) is 32.3 Å². The third-order valence-corrected chi connectivity index (χ3v) is 4.79. The zero-order valence-corrected chi connectivity index (χ0v) is 16.3. The highest BCUT2D eigenvalue weighted by atomic mass is 16.1. The number of hydrogen-bond donors (Lipinski definition) is 3. The lowest BCUT2D eigenvalue weighted by atomic mass is 9.86. The average molecular weight is 360 g/mol. The summed E-state index contributed by atoms with van der Waals surface area (Å²) in [6.45, 7) is 7.51. The number of likely N-dealkylation sites (tertiary alicyclic amines) is 1. The van der Waals surface area contributed by atoms with E-state index in [1.807, 2.05) is 7.05 Å². The second-order valence-corrected chi connectivity index (χ2v) is 7.91. The number of benzene rings is 1. The van der Waals surface area contributed by atoms with Crippen LogP contribution in [0.5, 0.6) is 0 Å². The number of carbonyl (C=O) groups is 1. The highest BCUT2D eigenvalue weighted by Gasteiger charge is 2.22. The molecule has 1 aliphatic heterocycles. The second kappa shape index (κ2) is 9.57. The van der Waals surface area contributed by atoms with Crippen LogP contribution in [0, 0.1) is 5.41 Å². The predicted octanol–water partition coefficient (Wildman–Crippen LogP) is 1.37. The molecule has 1 amide bonds. The topological polar surface area (TPSA) is 82.8 Å². The van der Waals surface area contributed by atoms with Crippen molar-refractivity contribution in [3.05, 3.63) is 35.9 Å². The Balaban J connectivity index is 1.76. The van der Waals surface area contributed by atoms with E-state index < -0.39 is 0 Å². The number of nitrogens with one attached hydrogen (secondary N) is 2. The molecule has 2 rings (SSSR count). The van der Waals surface area contributed by atoms with E-state index in [1.165, 1.54) is 5.56 Å².